The molecule has 0 aliphatic rings. The maximum Gasteiger partial charge on any atom is 0.145 e. The maximum atomic E-state index is 5.80. The highest BCUT2D eigenvalue weighted by atomic mass is 16.5. The fourth-order valence-corrected chi connectivity index (χ4v) is 2.19. The van der Waals surface area contributed by atoms with Crippen molar-refractivity contribution in [2.75, 3.05) is 6.61 Å². The maximum absolute atomic E-state index is 5.80. The third-order valence-electron chi connectivity index (χ3n) is 3.07. The van der Waals surface area contributed by atoms with Gasteiger partial charge in [-0.2, -0.15) is 0 Å². The minimum Gasteiger partial charge on any atom is -0.491 e. The van der Waals surface area contributed by atoms with Gasteiger partial charge >= 0.3 is 0 Å². The minimum atomic E-state index is 0.294. The van der Waals surface area contributed by atoms with Gasteiger partial charge in [0.25, 0.3) is 0 Å². The normalized spacial score (nSPS) is 11.1. The monoisotopic (exact) mass is 274 g/mol. The molecular weight excluding hydrogens is 252 g/mol. The number of benzene rings is 1. The Balaban J connectivity index is 2.48. The summed E-state index contributed by atoms with van der Waals surface area (Å²) in [5, 5.41) is 8.44. The number of hydrogen-bond donors (Lipinski definition) is 1. The molecule has 0 spiro atoms. The molecule has 0 radical (unpaired) electrons. The van der Waals surface area contributed by atoms with Crippen LogP contribution in [-0.2, 0) is 6.54 Å². The van der Waals surface area contributed by atoms with Gasteiger partial charge in [-0.1, -0.05) is 38.1 Å². The van der Waals surface area contributed by atoms with Gasteiger partial charge in [0.1, 0.15) is 17.1 Å². The Morgan fingerprint density at radius 3 is 2.70 bits per heavy atom. The molecule has 2 aromatic rings. The highest BCUT2D eigenvalue weighted by Gasteiger charge is 2.18. The molecule has 1 aromatic heterocycles. The van der Waals surface area contributed by atoms with Gasteiger partial charge in [0, 0.05) is 6.54 Å². The van der Waals surface area contributed by atoms with E-state index in [4.69, 9.17) is 10.5 Å². The van der Waals surface area contributed by atoms with Crippen molar-refractivity contribution in [2.45, 2.75) is 39.7 Å². The van der Waals surface area contributed by atoms with Crippen LogP contribution in [0, 0.1) is 0 Å². The Labute approximate surface area is 119 Å². The number of nitrogens with zero attached hydrogens (tertiary/aromatic N) is 3. The first-order chi connectivity index (χ1) is 9.69. The van der Waals surface area contributed by atoms with Crippen LogP contribution in [0.2, 0.25) is 0 Å². The van der Waals surface area contributed by atoms with Gasteiger partial charge in [-0.3, -0.25) is 0 Å². The fraction of sp³-hybridized carbons (Fsp3) is 0.467. The zero-order valence-corrected chi connectivity index (χ0v) is 12.3. The second-order valence-electron chi connectivity index (χ2n) is 5.01. The number of hydrogen-bond acceptors (Lipinski definition) is 4. The molecule has 2 N–H and O–H groups in total. The van der Waals surface area contributed by atoms with Crippen LogP contribution < -0.4 is 10.5 Å². The van der Waals surface area contributed by atoms with E-state index >= 15 is 0 Å². The summed E-state index contributed by atoms with van der Waals surface area (Å²) in [5.41, 5.74) is 8.54. The fourth-order valence-electron chi connectivity index (χ4n) is 2.19. The largest absolute Gasteiger partial charge is 0.491 e. The molecule has 2 rings (SSSR count). The predicted octanol–water partition coefficient (Wildman–Crippen LogP) is 2.64. The van der Waals surface area contributed by atoms with Crippen LogP contribution >= 0.6 is 0 Å². The number of ether oxygens (including phenoxy) is 1. The molecule has 5 heteroatoms. The Bertz CT molecular complexity index is 563. The minimum absolute atomic E-state index is 0.294. The molecule has 0 atom stereocenters. The summed E-state index contributed by atoms with van der Waals surface area (Å²) in [4.78, 5) is 0. The van der Waals surface area contributed by atoms with Crippen molar-refractivity contribution in [1.29, 1.82) is 0 Å². The van der Waals surface area contributed by atoms with Gasteiger partial charge in [0.2, 0.25) is 0 Å². The smallest absolute Gasteiger partial charge is 0.145 e. The zero-order valence-electron chi connectivity index (χ0n) is 12.3. The van der Waals surface area contributed by atoms with Crippen LogP contribution in [0.1, 0.15) is 44.5 Å². The van der Waals surface area contributed by atoms with E-state index in [9.17, 15) is 0 Å². The lowest BCUT2D eigenvalue weighted by Crippen LogP contribution is -2.09. The van der Waals surface area contributed by atoms with Crippen LogP contribution in [0.4, 0.5) is 0 Å². The van der Waals surface area contributed by atoms with Crippen molar-refractivity contribution in [3.05, 3.63) is 35.7 Å². The topological polar surface area (TPSA) is 66.0 Å². The van der Waals surface area contributed by atoms with Crippen molar-refractivity contribution < 1.29 is 4.74 Å². The van der Waals surface area contributed by atoms with Crippen molar-refractivity contribution in [3.8, 4) is 11.4 Å². The molecule has 20 heavy (non-hydrogen) atoms. The molecule has 108 valence electrons. The lowest BCUT2D eigenvalue weighted by atomic mass is 10.1. The molecular formula is C15H22N4O. The predicted molar refractivity (Wildman–Crippen MR) is 79.1 cm³/mol. The second-order valence-corrected chi connectivity index (χ2v) is 5.01. The van der Waals surface area contributed by atoms with Crippen molar-refractivity contribution in [2.24, 2.45) is 5.73 Å². The Morgan fingerprint density at radius 1 is 1.30 bits per heavy atom. The third-order valence-corrected chi connectivity index (χ3v) is 3.07. The molecule has 0 aliphatic heterocycles. The molecule has 0 fully saturated rings. The first kappa shape index (κ1) is 14.5. The summed E-state index contributed by atoms with van der Waals surface area (Å²) >= 11 is 0. The standard InChI is InChI=1S/C15H22N4O/c1-4-9-20-14-8-6-5-7-13(14)19-15(11(2)3)12(10-16)17-18-19/h5-8,11H,4,9-10,16H2,1-3H3. The number of para-hydroxylation sites is 2. The molecule has 5 nitrogen and oxygen atoms in total. The molecule has 1 heterocycles. The lowest BCUT2D eigenvalue weighted by Gasteiger charge is -2.14. The molecule has 0 amide bonds. The SMILES string of the molecule is CCCOc1ccccc1-n1nnc(CN)c1C(C)C. The zero-order chi connectivity index (χ0) is 14.5. The lowest BCUT2D eigenvalue weighted by molar-refractivity contribution is 0.315. The van der Waals surface area contributed by atoms with Crippen LogP contribution in [0.15, 0.2) is 24.3 Å². The number of rotatable bonds is 6. The first-order valence-corrected chi connectivity index (χ1v) is 7.05. The summed E-state index contributed by atoms with van der Waals surface area (Å²) < 4.78 is 7.64. The molecule has 0 bridgehead atoms. The number of aromatic nitrogens is 3. The van der Waals surface area contributed by atoms with E-state index in [2.05, 4.69) is 31.1 Å². The van der Waals surface area contributed by atoms with E-state index in [0.717, 1.165) is 29.2 Å². The molecule has 0 unspecified atom stereocenters. The van der Waals surface area contributed by atoms with E-state index in [1.54, 1.807) is 0 Å². The first-order valence-electron chi connectivity index (χ1n) is 7.05. The third kappa shape index (κ3) is 2.82. The van der Waals surface area contributed by atoms with Crippen LogP contribution in [0.5, 0.6) is 5.75 Å². The van der Waals surface area contributed by atoms with Crippen molar-refractivity contribution >= 4 is 0 Å². The van der Waals surface area contributed by atoms with Gasteiger partial charge in [0.15, 0.2) is 0 Å². The van der Waals surface area contributed by atoms with Crippen LogP contribution in [0.25, 0.3) is 5.69 Å². The number of nitrogens with two attached hydrogens (primary N) is 1. The Morgan fingerprint density at radius 2 is 2.05 bits per heavy atom. The van der Waals surface area contributed by atoms with Gasteiger partial charge in [-0.25, -0.2) is 4.68 Å². The summed E-state index contributed by atoms with van der Waals surface area (Å²) in [7, 11) is 0. The summed E-state index contributed by atoms with van der Waals surface area (Å²) in [6.07, 6.45) is 0.969. The van der Waals surface area contributed by atoms with Gasteiger partial charge in [-0.15, -0.1) is 5.10 Å². The Hall–Kier alpha value is -1.88. The average molecular weight is 274 g/mol. The highest BCUT2D eigenvalue weighted by molar-refractivity contribution is 5.47. The van der Waals surface area contributed by atoms with Crippen LogP contribution in [-0.4, -0.2) is 21.6 Å². The van der Waals surface area contributed by atoms with Gasteiger partial charge in [-0.05, 0) is 24.5 Å². The van der Waals surface area contributed by atoms with E-state index in [0.29, 0.717) is 19.1 Å². The quantitative estimate of drug-likeness (QED) is 0.879. The van der Waals surface area contributed by atoms with Crippen molar-refractivity contribution in [1.82, 2.24) is 15.0 Å². The molecule has 0 saturated heterocycles. The average Bonchev–Trinajstić information content (AvgIpc) is 2.89. The van der Waals surface area contributed by atoms with Crippen molar-refractivity contribution in [3.63, 3.8) is 0 Å². The second kappa shape index (κ2) is 6.52. The van der Waals surface area contributed by atoms with E-state index in [1.807, 2.05) is 28.9 Å². The Kier molecular flexibility index (Phi) is 4.74. The molecule has 0 aliphatic carbocycles. The summed E-state index contributed by atoms with van der Waals surface area (Å²) in [5.74, 6) is 1.12. The highest BCUT2D eigenvalue weighted by Crippen LogP contribution is 2.27. The van der Waals surface area contributed by atoms with E-state index < -0.39 is 0 Å². The van der Waals surface area contributed by atoms with Gasteiger partial charge < -0.3 is 10.5 Å². The summed E-state index contributed by atoms with van der Waals surface area (Å²) in [6, 6.07) is 7.89. The summed E-state index contributed by atoms with van der Waals surface area (Å²) in [6.45, 7) is 7.40. The van der Waals surface area contributed by atoms with Gasteiger partial charge in [0.05, 0.1) is 12.3 Å². The molecule has 1 aromatic carbocycles. The van der Waals surface area contributed by atoms with E-state index in [1.165, 1.54) is 0 Å². The van der Waals surface area contributed by atoms with Crippen LogP contribution in [0.3, 0.4) is 0 Å². The van der Waals surface area contributed by atoms with E-state index in [-0.39, 0.29) is 0 Å². The molecule has 0 saturated carbocycles.